The third-order valence-corrected chi connectivity index (χ3v) is 3.05. The topological polar surface area (TPSA) is 127 Å². The van der Waals surface area contributed by atoms with E-state index in [9.17, 15) is 28.7 Å². The van der Waals surface area contributed by atoms with Crippen molar-refractivity contribution in [1.29, 1.82) is 0 Å². The van der Waals surface area contributed by atoms with Gasteiger partial charge in [-0.05, 0) is 5.56 Å². The predicted octanol–water partition coefficient (Wildman–Crippen LogP) is -0.165. The highest BCUT2D eigenvalue weighted by Crippen LogP contribution is 2.14. The van der Waals surface area contributed by atoms with Gasteiger partial charge in [0.25, 0.3) is 15.8 Å². The third-order valence-electron chi connectivity index (χ3n) is 2.49. The fourth-order valence-corrected chi connectivity index (χ4v) is 1.82. The third kappa shape index (κ3) is 5.61. The molecule has 0 spiro atoms. The molecule has 8 nitrogen and oxygen atoms in total. The molecule has 2 unspecified atom stereocenters. The number of nitro benzene ring substituents is 1. The minimum absolute atomic E-state index is 0.0201. The van der Waals surface area contributed by atoms with Crippen LogP contribution in [-0.4, -0.2) is 48.6 Å². The monoisotopic (exact) mass is 305 g/mol. The number of hydrogen-bond donors (Lipinski definition) is 2. The Labute approximate surface area is 115 Å². The van der Waals surface area contributed by atoms with E-state index in [1.54, 1.807) is 0 Å². The molecule has 0 aliphatic carbocycles. The molecule has 0 amide bonds. The van der Waals surface area contributed by atoms with E-state index < -0.39 is 33.9 Å². The van der Waals surface area contributed by atoms with Crippen LogP contribution in [0.4, 0.5) is 5.69 Å². The lowest BCUT2D eigenvalue weighted by Crippen LogP contribution is -2.33. The molecule has 1 aromatic rings. The first-order chi connectivity index (χ1) is 9.19. The van der Waals surface area contributed by atoms with Crippen molar-refractivity contribution in [3.8, 4) is 0 Å². The number of aliphatic hydroxyl groups is 2. The van der Waals surface area contributed by atoms with Gasteiger partial charge in [-0.1, -0.05) is 12.1 Å². The van der Waals surface area contributed by atoms with E-state index in [2.05, 4.69) is 4.18 Å². The molecule has 0 heterocycles. The van der Waals surface area contributed by atoms with E-state index in [0.29, 0.717) is 5.56 Å². The zero-order valence-corrected chi connectivity index (χ0v) is 11.5. The van der Waals surface area contributed by atoms with Gasteiger partial charge in [0.1, 0.15) is 6.10 Å². The van der Waals surface area contributed by atoms with Crippen molar-refractivity contribution >= 4 is 15.8 Å². The molecule has 112 valence electrons. The molecule has 1 aromatic carbocycles. The van der Waals surface area contributed by atoms with Crippen molar-refractivity contribution < 1.29 is 27.7 Å². The van der Waals surface area contributed by atoms with Gasteiger partial charge in [0.05, 0.1) is 23.9 Å². The predicted molar refractivity (Wildman–Crippen MR) is 69.6 cm³/mol. The SMILES string of the molecule is CS(=O)(=O)OCC(O)C(O)Cc1ccc([N+](=O)[O-])cc1. The van der Waals surface area contributed by atoms with Crippen LogP contribution in [0.25, 0.3) is 0 Å². The van der Waals surface area contributed by atoms with Crippen LogP contribution in [0.5, 0.6) is 0 Å². The molecular formula is C11H15NO7S. The Morgan fingerprint density at radius 2 is 1.80 bits per heavy atom. The Balaban J connectivity index is 2.56. The van der Waals surface area contributed by atoms with E-state index in [0.717, 1.165) is 6.26 Å². The fourth-order valence-electron chi connectivity index (χ4n) is 1.44. The second-order valence-corrected chi connectivity index (χ2v) is 5.89. The van der Waals surface area contributed by atoms with Crippen molar-refractivity contribution in [2.75, 3.05) is 12.9 Å². The quantitative estimate of drug-likeness (QED) is 0.407. The molecule has 0 saturated carbocycles. The van der Waals surface area contributed by atoms with Crippen LogP contribution in [0.1, 0.15) is 5.56 Å². The van der Waals surface area contributed by atoms with Gasteiger partial charge in [0.2, 0.25) is 0 Å². The van der Waals surface area contributed by atoms with Gasteiger partial charge in [0.15, 0.2) is 0 Å². The average molecular weight is 305 g/mol. The van der Waals surface area contributed by atoms with Gasteiger partial charge < -0.3 is 10.2 Å². The second-order valence-electron chi connectivity index (χ2n) is 4.25. The lowest BCUT2D eigenvalue weighted by atomic mass is 10.0. The van der Waals surface area contributed by atoms with Gasteiger partial charge in [-0.3, -0.25) is 14.3 Å². The first kappa shape index (κ1) is 16.5. The van der Waals surface area contributed by atoms with Crippen LogP contribution in [0.15, 0.2) is 24.3 Å². The highest BCUT2D eigenvalue weighted by Gasteiger charge is 2.19. The van der Waals surface area contributed by atoms with Crippen LogP contribution in [0.3, 0.4) is 0 Å². The zero-order chi connectivity index (χ0) is 15.3. The van der Waals surface area contributed by atoms with Crippen LogP contribution in [0, 0.1) is 10.1 Å². The summed E-state index contributed by atoms with van der Waals surface area (Å²) in [5.74, 6) is 0. The van der Waals surface area contributed by atoms with Crippen molar-refractivity contribution in [3.63, 3.8) is 0 Å². The molecule has 0 bridgehead atoms. The molecule has 2 N–H and O–H groups in total. The van der Waals surface area contributed by atoms with E-state index in [1.165, 1.54) is 24.3 Å². The maximum Gasteiger partial charge on any atom is 0.269 e. The summed E-state index contributed by atoms with van der Waals surface area (Å²) in [6, 6.07) is 5.46. The summed E-state index contributed by atoms with van der Waals surface area (Å²) in [7, 11) is -3.69. The van der Waals surface area contributed by atoms with Gasteiger partial charge in [-0.25, -0.2) is 0 Å². The Hall–Kier alpha value is -1.55. The van der Waals surface area contributed by atoms with Gasteiger partial charge in [-0.15, -0.1) is 0 Å². The first-order valence-corrected chi connectivity index (χ1v) is 7.44. The van der Waals surface area contributed by atoms with E-state index in [1.807, 2.05) is 0 Å². The number of hydrogen-bond acceptors (Lipinski definition) is 7. The Morgan fingerprint density at radius 3 is 2.25 bits per heavy atom. The van der Waals surface area contributed by atoms with E-state index in [-0.39, 0.29) is 12.1 Å². The van der Waals surface area contributed by atoms with Crippen molar-refractivity contribution in [2.45, 2.75) is 18.6 Å². The van der Waals surface area contributed by atoms with Crippen LogP contribution < -0.4 is 0 Å². The number of nitrogens with zero attached hydrogens (tertiary/aromatic N) is 1. The van der Waals surface area contributed by atoms with Gasteiger partial charge in [0, 0.05) is 18.6 Å². The number of rotatable bonds is 7. The van der Waals surface area contributed by atoms with Crippen molar-refractivity contribution in [3.05, 3.63) is 39.9 Å². The summed E-state index contributed by atoms with van der Waals surface area (Å²) in [6.45, 7) is -0.549. The first-order valence-electron chi connectivity index (χ1n) is 5.63. The molecule has 9 heteroatoms. The average Bonchev–Trinajstić information content (AvgIpc) is 2.35. The Morgan fingerprint density at radius 1 is 1.25 bits per heavy atom. The van der Waals surface area contributed by atoms with Crippen LogP contribution >= 0.6 is 0 Å². The van der Waals surface area contributed by atoms with E-state index in [4.69, 9.17) is 0 Å². The molecule has 0 fully saturated rings. The number of non-ortho nitro benzene ring substituents is 1. The normalized spacial score (nSPS) is 14.8. The largest absolute Gasteiger partial charge is 0.390 e. The highest BCUT2D eigenvalue weighted by atomic mass is 32.2. The van der Waals surface area contributed by atoms with Gasteiger partial charge >= 0.3 is 0 Å². The number of aliphatic hydroxyl groups excluding tert-OH is 2. The van der Waals surface area contributed by atoms with Crippen LogP contribution in [0.2, 0.25) is 0 Å². The summed E-state index contributed by atoms with van der Waals surface area (Å²) in [6.07, 6.45) is -1.76. The molecule has 0 radical (unpaired) electrons. The molecule has 0 aromatic heterocycles. The van der Waals surface area contributed by atoms with E-state index >= 15 is 0 Å². The summed E-state index contributed by atoms with van der Waals surface area (Å²) in [5.41, 5.74) is 0.491. The summed E-state index contributed by atoms with van der Waals surface area (Å²) >= 11 is 0. The maximum atomic E-state index is 10.7. The summed E-state index contributed by atoms with van der Waals surface area (Å²) in [4.78, 5) is 9.92. The molecule has 2 atom stereocenters. The number of benzene rings is 1. The Bertz CT molecular complexity index is 555. The highest BCUT2D eigenvalue weighted by molar-refractivity contribution is 7.85. The summed E-state index contributed by atoms with van der Waals surface area (Å²) < 4.78 is 25.9. The smallest absolute Gasteiger partial charge is 0.269 e. The fraction of sp³-hybridized carbons (Fsp3) is 0.455. The van der Waals surface area contributed by atoms with Crippen LogP contribution in [-0.2, 0) is 20.7 Å². The molecule has 0 aliphatic rings. The minimum atomic E-state index is -3.69. The Kier molecular flexibility index (Phi) is 5.57. The lowest BCUT2D eigenvalue weighted by Gasteiger charge is -2.17. The minimum Gasteiger partial charge on any atom is -0.390 e. The molecular weight excluding hydrogens is 290 g/mol. The molecule has 0 aliphatic heterocycles. The van der Waals surface area contributed by atoms with Gasteiger partial charge in [-0.2, -0.15) is 8.42 Å². The maximum absolute atomic E-state index is 10.7. The molecule has 1 rings (SSSR count). The molecule has 20 heavy (non-hydrogen) atoms. The second kappa shape index (κ2) is 6.75. The summed E-state index contributed by atoms with van der Waals surface area (Å²) in [5, 5.41) is 29.7. The van der Waals surface area contributed by atoms with Crippen molar-refractivity contribution in [1.82, 2.24) is 0 Å². The molecule has 0 saturated heterocycles. The lowest BCUT2D eigenvalue weighted by molar-refractivity contribution is -0.384. The van der Waals surface area contributed by atoms with Crippen molar-refractivity contribution in [2.24, 2.45) is 0 Å². The number of nitro groups is 1. The standard InChI is InChI=1S/C11H15NO7S/c1-20(17,18)19-7-11(14)10(13)6-8-2-4-9(5-3-8)12(15)16/h2-5,10-11,13-14H,6-7H2,1H3. The zero-order valence-electron chi connectivity index (χ0n) is 10.7.